The van der Waals surface area contributed by atoms with Crippen LogP contribution in [0.1, 0.15) is 34.9 Å². The molecule has 0 fully saturated rings. The molecule has 1 N–H and O–H groups in total. The van der Waals surface area contributed by atoms with E-state index in [1.165, 1.54) is 4.57 Å². The Bertz CT molecular complexity index is 1380. The first-order chi connectivity index (χ1) is 15.3. The monoisotopic (exact) mass is 428 g/mol. The molecule has 164 valence electrons. The molecular formula is C26H28N4O2. The molecule has 0 saturated heterocycles. The molecule has 1 amide bonds. The number of nitrogens with one attached hydrogen (secondary N) is 1. The van der Waals surface area contributed by atoms with Crippen LogP contribution in [0.25, 0.3) is 16.7 Å². The zero-order valence-corrected chi connectivity index (χ0v) is 19.2. The summed E-state index contributed by atoms with van der Waals surface area (Å²) < 4.78 is 3.29. The van der Waals surface area contributed by atoms with Crippen molar-refractivity contribution in [2.45, 2.75) is 47.6 Å². The van der Waals surface area contributed by atoms with Crippen LogP contribution in [-0.2, 0) is 17.8 Å². The predicted molar refractivity (Wildman–Crippen MR) is 129 cm³/mol. The fourth-order valence-corrected chi connectivity index (χ4v) is 4.00. The maximum atomic E-state index is 13.1. The molecule has 0 saturated carbocycles. The topological polar surface area (TPSA) is 68.9 Å². The van der Waals surface area contributed by atoms with Gasteiger partial charge in [-0.25, -0.2) is 4.68 Å². The Kier molecular flexibility index (Phi) is 5.70. The van der Waals surface area contributed by atoms with E-state index in [0.717, 1.165) is 44.7 Å². The molecule has 0 aliphatic carbocycles. The van der Waals surface area contributed by atoms with Gasteiger partial charge in [-0.1, -0.05) is 30.7 Å². The maximum absolute atomic E-state index is 13.1. The molecule has 0 aliphatic heterocycles. The van der Waals surface area contributed by atoms with E-state index in [9.17, 15) is 9.59 Å². The van der Waals surface area contributed by atoms with Crippen LogP contribution in [0.5, 0.6) is 0 Å². The second-order valence-electron chi connectivity index (χ2n) is 8.33. The van der Waals surface area contributed by atoms with Crippen molar-refractivity contribution in [3.05, 3.63) is 86.8 Å². The Morgan fingerprint density at radius 1 is 0.969 bits per heavy atom. The normalized spacial score (nSPS) is 11.2. The molecule has 0 unspecified atom stereocenters. The van der Waals surface area contributed by atoms with Gasteiger partial charge in [0.2, 0.25) is 5.91 Å². The van der Waals surface area contributed by atoms with Gasteiger partial charge < -0.3 is 5.32 Å². The van der Waals surface area contributed by atoms with E-state index >= 15 is 0 Å². The quantitative estimate of drug-likeness (QED) is 0.504. The van der Waals surface area contributed by atoms with Crippen molar-refractivity contribution in [1.29, 1.82) is 0 Å². The number of hydrogen-bond acceptors (Lipinski definition) is 3. The van der Waals surface area contributed by atoms with Crippen LogP contribution < -0.4 is 10.9 Å². The van der Waals surface area contributed by atoms with Gasteiger partial charge in [-0.2, -0.15) is 5.10 Å². The number of amides is 1. The molecule has 2 heterocycles. The molecule has 0 aliphatic rings. The Morgan fingerprint density at radius 3 is 2.34 bits per heavy atom. The van der Waals surface area contributed by atoms with Gasteiger partial charge >= 0.3 is 0 Å². The van der Waals surface area contributed by atoms with Gasteiger partial charge in [0.1, 0.15) is 12.2 Å². The van der Waals surface area contributed by atoms with Gasteiger partial charge in [-0.15, -0.1) is 0 Å². The molecule has 0 spiro atoms. The fraction of sp³-hybridized carbons (Fsp3) is 0.269. The number of benzene rings is 2. The highest BCUT2D eigenvalue weighted by Gasteiger charge is 2.19. The summed E-state index contributed by atoms with van der Waals surface area (Å²) in [6.07, 6.45) is 0.710. The fourth-order valence-electron chi connectivity index (χ4n) is 4.00. The number of anilines is 1. The van der Waals surface area contributed by atoms with E-state index in [2.05, 4.69) is 5.32 Å². The van der Waals surface area contributed by atoms with Crippen LogP contribution in [0.2, 0.25) is 0 Å². The van der Waals surface area contributed by atoms with Crippen molar-refractivity contribution >= 4 is 22.6 Å². The number of pyridine rings is 1. The third kappa shape index (κ3) is 3.96. The minimum Gasteiger partial charge on any atom is -0.325 e. The lowest BCUT2D eigenvalue weighted by Gasteiger charge is -2.14. The Hall–Kier alpha value is -3.67. The molecule has 2 aromatic heterocycles. The lowest BCUT2D eigenvalue weighted by Crippen LogP contribution is -2.29. The first kappa shape index (κ1) is 21.6. The zero-order chi connectivity index (χ0) is 23.0. The van der Waals surface area contributed by atoms with Crippen LogP contribution in [0, 0.1) is 27.7 Å². The molecule has 4 rings (SSSR count). The van der Waals surface area contributed by atoms with E-state index in [1.54, 1.807) is 10.7 Å². The molecule has 32 heavy (non-hydrogen) atoms. The third-order valence-electron chi connectivity index (χ3n) is 5.93. The summed E-state index contributed by atoms with van der Waals surface area (Å²) >= 11 is 0. The van der Waals surface area contributed by atoms with Gasteiger partial charge in [0, 0.05) is 17.1 Å². The van der Waals surface area contributed by atoms with E-state index in [1.807, 2.05) is 77.1 Å². The number of aryl methyl sites for hydroxylation is 5. The Balaban J connectivity index is 1.82. The number of nitrogens with zero attached hydrogens (tertiary/aromatic N) is 3. The number of carbonyl (C=O) groups is 1. The molecular weight excluding hydrogens is 400 g/mol. The Labute approximate surface area is 187 Å². The molecule has 4 aromatic rings. The SMILES string of the molecule is CCc1cc(=O)n(CC(=O)Nc2ccc(C)c(C)c2)c2c1c(C)nn2-c1ccc(C)cc1. The summed E-state index contributed by atoms with van der Waals surface area (Å²) in [7, 11) is 0. The second kappa shape index (κ2) is 8.46. The number of rotatable bonds is 5. The third-order valence-corrected chi connectivity index (χ3v) is 5.93. The summed E-state index contributed by atoms with van der Waals surface area (Å²) in [5.41, 5.74) is 7.18. The second-order valence-corrected chi connectivity index (χ2v) is 8.33. The minimum atomic E-state index is -0.254. The van der Waals surface area contributed by atoms with Gasteiger partial charge in [0.25, 0.3) is 5.56 Å². The van der Waals surface area contributed by atoms with Crippen molar-refractivity contribution in [3.8, 4) is 5.69 Å². The van der Waals surface area contributed by atoms with Crippen molar-refractivity contribution in [2.24, 2.45) is 0 Å². The summed E-state index contributed by atoms with van der Waals surface area (Å²) in [5, 5.41) is 8.58. The van der Waals surface area contributed by atoms with Crippen molar-refractivity contribution in [3.63, 3.8) is 0 Å². The maximum Gasteiger partial charge on any atom is 0.252 e. The van der Waals surface area contributed by atoms with Crippen LogP contribution in [0.4, 0.5) is 5.69 Å². The summed E-state index contributed by atoms with van der Waals surface area (Å²) in [6.45, 7) is 9.93. The van der Waals surface area contributed by atoms with E-state index in [4.69, 9.17) is 5.10 Å². The lowest BCUT2D eigenvalue weighted by molar-refractivity contribution is -0.116. The molecule has 0 atom stereocenters. The molecule has 0 radical (unpaired) electrons. The lowest BCUT2D eigenvalue weighted by atomic mass is 10.1. The smallest absolute Gasteiger partial charge is 0.252 e. The van der Waals surface area contributed by atoms with Gasteiger partial charge in [0.05, 0.1) is 11.4 Å². The highest BCUT2D eigenvalue weighted by Crippen LogP contribution is 2.25. The van der Waals surface area contributed by atoms with Gasteiger partial charge in [-0.3, -0.25) is 14.2 Å². The summed E-state index contributed by atoms with van der Waals surface area (Å²) in [5.74, 6) is -0.254. The number of carbonyl (C=O) groups excluding carboxylic acids is 1. The number of fused-ring (bicyclic) bond motifs is 1. The average Bonchev–Trinajstić information content (AvgIpc) is 3.10. The van der Waals surface area contributed by atoms with Crippen LogP contribution in [-0.4, -0.2) is 20.3 Å². The number of hydrogen-bond donors (Lipinski definition) is 1. The van der Waals surface area contributed by atoms with Crippen molar-refractivity contribution < 1.29 is 4.79 Å². The van der Waals surface area contributed by atoms with Crippen molar-refractivity contribution in [1.82, 2.24) is 14.3 Å². The highest BCUT2D eigenvalue weighted by atomic mass is 16.2. The predicted octanol–water partition coefficient (Wildman–Crippen LogP) is 4.62. The van der Waals surface area contributed by atoms with Crippen LogP contribution in [0.3, 0.4) is 0 Å². The molecule has 6 heteroatoms. The van der Waals surface area contributed by atoms with Crippen LogP contribution >= 0.6 is 0 Å². The minimum absolute atomic E-state index is 0.0940. The van der Waals surface area contributed by atoms with E-state index < -0.39 is 0 Å². The first-order valence-electron chi connectivity index (χ1n) is 10.8. The van der Waals surface area contributed by atoms with E-state index in [-0.39, 0.29) is 18.0 Å². The summed E-state index contributed by atoms with van der Waals surface area (Å²) in [6, 6.07) is 15.4. The number of aromatic nitrogens is 3. The van der Waals surface area contributed by atoms with E-state index in [0.29, 0.717) is 12.1 Å². The van der Waals surface area contributed by atoms with Gasteiger partial charge in [-0.05, 0) is 75.1 Å². The molecule has 2 aromatic carbocycles. The van der Waals surface area contributed by atoms with Crippen molar-refractivity contribution in [2.75, 3.05) is 5.32 Å². The molecule has 6 nitrogen and oxygen atoms in total. The largest absolute Gasteiger partial charge is 0.325 e. The first-order valence-corrected chi connectivity index (χ1v) is 10.8. The summed E-state index contributed by atoms with van der Waals surface area (Å²) in [4.78, 5) is 26.0. The van der Waals surface area contributed by atoms with Crippen LogP contribution in [0.15, 0.2) is 53.3 Å². The zero-order valence-electron chi connectivity index (χ0n) is 19.2. The van der Waals surface area contributed by atoms with Gasteiger partial charge in [0.15, 0.2) is 0 Å². The average molecular weight is 429 g/mol. The standard InChI is InChI=1S/C26H28N4O2/c1-6-20-14-24(32)29(15-23(31)27-21-10-9-17(3)18(4)13-21)26-25(20)19(5)28-30(26)22-11-7-16(2)8-12-22/h7-14H,6,15H2,1-5H3,(H,27,31). The highest BCUT2D eigenvalue weighted by molar-refractivity contribution is 5.92. The Morgan fingerprint density at radius 2 is 1.69 bits per heavy atom. The molecule has 0 bridgehead atoms.